The number of benzene rings is 2. The van der Waals surface area contributed by atoms with Crippen molar-refractivity contribution in [3.05, 3.63) is 60.2 Å². The minimum Gasteiger partial charge on any atom is -0.609 e. The van der Waals surface area contributed by atoms with Crippen LogP contribution in [-0.2, 0) is 16.0 Å². The Morgan fingerprint density at radius 1 is 1.21 bits per heavy atom. The van der Waals surface area contributed by atoms with Gasteiger partial charge in [-0.05, 0) is 36.8 Å². The van der Waals surface area contributed by atoms with Gasteiger partial charge in [0.05, 0.1) is 13.2 Å². The van der Waals surface area contributed by atoms with E-state index in [4.69, 9.17) is 4.74 Å². The van der Waals surface area contributed by atoms with Gasteiger partial charge >= 0.3 is 0 Å². The van der Waals surface area contributed by atoms with E-state index in [1.165, 1.54) is 0 Å². The van der Waals surface area contributed by atoms with Gasteiger partial charge in [-0.15, -0.1) is 0 Å². The highest BCUT2D eigenvalue weighted by Crippen LogP contribution is 2.33. The van der Waals surface area contributed by atoms with Gasteiger partial charge in [-0.2, -0.15) is 4.39 Å². The molecule has 2 aromatic carbocycles. The lowest BCUT2D eigenvalue weighted by atomic mass is 10.0. The molecular weight excluding hydrogens is 381 g/mol. The minimum absolute atomic E-state index is 0.0358. The highest BCUT2D eigenvalue weighted by molar-refractivity contribution is 7.92. The molecule has 1 saturated heterocycles. The van der Waals surface area contributed by atoms with Gasteiger partial charge in [0, 0.05) is 30.1 Å². The Hall–Kier alpha value is -2.09. The summed E-state index contributed by atoms with van der Waals surface area (Å²) in [6.45, 7) is 2.11. The van der Waals surface area contributed by atoms with Crippen LogP contribution >= 0.6 is 0 Å². The van der Waals surface area contributed by atoms with E-state index >= 15 is 0 Å². The summed E-state index contributed by atoms with van der Waals surface area (Å²) in [6, 6.07) is 15.4. The van der Waals surface area contributed by atoms with Crippen molar-refractivity contribution < 1.29 is 23.6 Å². The third-order valence-electron chi connectivity index (χ3n) is 5.19. The van der Waals surface area contributed by atoms with Gasteiger partial charge < -0.3 is 19.3 Å². The van der Waals surface area contributed by atoms with E-state index in [-0.39, 0.29) is 24.9 Å². The van der Waals surface area contributed by atoms with Crippen LogP contribution in [0.4, 0.5) is 4.39 Å². The number of aliphatic hydroxyl groups is 1. The number of carbonyl (C=O) groups is 1. The molecule has 0 aromatic heterocycles. The lowest BCUT2D eigenvalue weighted by Crippen LogP contribution is -2.38. The minimum atomic E-state index is -1.99. The Balaban J connectivity index is 1.67. The van der Waals surface area contributed by atoms with Crippen LogP contribution in [0.15, 0.2) is 59.5 Å². The molecule has 7 heteroatoms. The molecule has 0 radical (unpaired) electrons. The van der Waals surface area contributed by atoms with E-state index in [2.05, 4.69) is 0 Å². The van der Waals surface area contributed by atoms with Crippen LogP contribution < -0.4 is 4.74 Å². The Morgan fingerprint density at radius 3 is 2.46 bits per heavy atom. The second-order valence-electron chi connectivity index (χ2n) is 6.91. The highest BCUT2D eigenvalue weighted by atomic mass is 32.2. The first-order valence-corrected chi connectivity index (χ1v) is 10.3. The molecule has 3 rings (SSSR count). The van der Waals surface area contributed by atoms with Crippen LogP contribution in [0, 0.1) is 5.92 Å². The number of ether oxygens (including phenoxy) is 1. The Bertz CT molecular complexity index is 789. The molecule has 0 bridgehead atoms. The van der Waals surface area contributed by atoms with Crippen LogP contribution in [0.2, 0.25) is 0 Å². The summed E-state index contributed by atoms with van der Waals surface area (Å²) in [6.07, 6.45) is -1.44. The van der Waals surface area contributed by atoms with Crippen molar-refractivity contribution in [2.75, 3.05) is 13.7 Å². The van der Waals surface area contributed by atoms with Crippen molar-refractivity contribution in [3.63, 3.8) is 0 Å². The van der Waals surface area contributed by atoms with Crippen molar-refractivity contribution in [3.8, 4) is 5.75 Å². The van der Waals surface area contributed by atoms with Gasteiger partial charge in [-0.3, -0.25) is 4.79 Å². The molecule has 5 atom stereocenters. The molecule has 1 N–H and O–H groups in total. The Labute approximate surface area is 167 Å². The molecule has 150 valence electrons. The van der Waals surface area contributed by atoms with Crippen LogP contribution in [0.5, 0.6) is 5.75 Å². The van der Waals surface area contributed by atoms with Crippen molar-refractivity contribution in [1.82, 2.24) is 4.90 Å². The van der Waals surface area contributed by atoms with Crippen LogP contribution in [0.1, 0.15) is 24.9 Å². The first-order valence-electron chi connectivity index (χ1n) is 9.13. The van der Waals surface area contributed by atoms with Crippen LogP contribution in [0.3, 0.4) is 0 Å². The topological polar surface area (TPSA) is 72.8 Å². The van der Waals surface area contributed by atoms with Crippen LogP contribution in [-0.4, -0.2) is 45.7 Å². The number of carbonyl (C=O) groups excluding carboxylic acids is 1. The molecule has 0 spiro atoms. The summed E-state index contributed by atoms with van der Waals surface area (Å²) in [4.78, 5) is 14.4. The maximum absolute atomic E-state index is 14.7. The van der Waals surface area contributed by atoms with Crippen molar-refractivity contribution in [2.45, 2.75) is 35.9 Å². The van der Waals surface area contributed by atoms with Gasteiger partial charge in [0.2, 0.25) is 5.91 Å². The average Bonchev–Trinajstić information content (AvgIpc) is 3.13. The lowest BCUT2D eigenvalue weighted by molar-refractivity contribution is -0.129. The van der Waals surface area contributed by atoms with E-state index in [1.807, 2.05) is 31.2 Å². The largest absolute Gasteiger partial charge is 0.609 e. The Morgan fingerprint density at radius 2 is 1.86 bits per heavy atom. The zero-order valence-electron chi connectivity index (χ0n) is 15.8. The molecule has 5 nitrogen and oxygen atoms in total. The van der Waals surface area contributed by atoms with Gasteiger partial charge in [-0.25, -0.2) is 0 Å². The molecule has 0 saturated carbocycles. The van der Waals surface area contributed by atoms with Crippen molar-refractivity contribution >= 4 is 17.1 Å². The van der Waals surface area contributed by atoms with Gasteiger partial charge in [-0.1, -0.05) is 30.3 Å². The smallest absolute Gasteiger partial charge is 0.284 e. The first-order chi connectivity index (χ1) is 13.4. The Kier molecular flexibility index (Phi) is 6.59. The molecule has 1 heterocycles. The van der Waals surface area contributed by atoms with E-state index in [0.717, 1.165) is 11.3 Å². The number of rotatable bonds is 7. The summed E-state index contributed by atoms with van der Waals surface area (Å²) >= 11 is -1.99. The number of nitrogens with zero attached hydrogens (tertiary/aromatic N) is 1. The number of halogens is 1. The SMILES string of the molecule is COc1ccc(C(C)N2CC(C(O)C(F)[S+]([O-])c3ccccc3)CC2=O)cc1. The van der Waals surface area contributed by atoms with E-state index < -0.39 is 28.7 Å². The van der Waals surface area contributed by atoms with Gasteiger partial charge in [0.15, 0.2) is 4.90 Å². The van der Waals surface area contributed by atoms with E-state index in [9.17, 15) is 18.8 Å². The maximum Gasteiger partial charge on any atom is 0.284 e. The van der Waals surface area contributed by atoms with Gasteiger partial charge in [0.25, 0.3) is 5.50 Å². The molecule has 0 aliphatic carbocycles. The summed E-state index contributed by atoms with van der Waals surface area (Å²) in [5.74, 6) is -0.0263. The first kappa shape index (κ1) is 20.6. The molecule has 28 heavy (non-hydrogen) atoms. The number of aliphatic hydroxyl groups excluding tert-OH is 1. The second-order valence-corrected chi connectivity index (χ2v) is 8.43. The monoisotopic (exact) mass is 405 g/mol. The average molecular weight is 405 g/mol. The molecule has 5 unspecified atom stereocenters. The number of hydrogen-bond acceptors (Lipinski definition) is 4. The third-order valence-corrected chi connectivity index (χ3v) is 6.61. The summed E-state index contributed by atoms with van der Waals surface area (Å²) in [7, 11) is 1.58. The standard InChI is InChI=1S/C21H24FNO4S/c1-14(15-8-10-17(27-2)11-9-15)23-13-16(12-19(23)24)20(25)21(22)28(26)18-6-4-3-5-7-18/h3-11,14,16,20-21,25H,12-13H2,1-2H3. The molecule has 2 aromatic rings. The fourth-order valence-electron chi connectivity index (χ4n) is 3.45. The number of methoxy groups -OCH3 is 1. The zero-order chi connectivity index (χ0) is 20.3. The van der Waals surface area contributed by atoms with E-state index in [1.54, 1.807) is 42.3 Å². The molecule has 1 amide bonds. The fraction of sp³-hybridized carbons (Fsp3) is 0.381. The maximum atomic E-state index is 14.7. The highest BCUT2D eigenvalue weighted by Gasteiger charge is 2.44. The summed E-state index contributed by atoms with van der Waals surface area (Å²) in [5, 5.41) is 10.4. The second kappa shape index (κ2) is 8.94. The predicted octanol–water partition coefficient (Wildman–Crippen LogP) is 3.07. The van der Waals surface area contributed by atoms with E-state index in [0.29, 0.717) is 4.90 Å². The summed E-state index contributed by atoms with van der Waals surface area (Å²) < 4.78 is 32.2. The normalized spacial score (nSPS) is 21.2. The van der Waals surface area contributed by atoms with Crippen molar-refractivity contribution in [1.29, 1.82) is 0 Å². The number of alkyl halides is 1. The molecule has 1 aliphatic rings. The number of amides is 1. The summed E-state index contributed by atoms with van der Waals surface area (Å²) in [5.41, 5.74) is -1.02. The van der Waals surface area contributed by atoms with Crippen molar-refractivity contribution in [2.24, 2.45) is 5.92 Å². The lowest BCUT2D eigenvalue weighted by Gasteiger charge is -2.27. The number of hydrogen-bond donors (Lipinski definition) is 1. The quantitative estimate of drug-likeness (QED) is 0.719. The van der Waals surface area contributed by atoms with Gasteiger partial charge in [0.1, 0.15) is 11.9 Å². The van der Waals surface area contributed by atoms with Crippen LogP contribution in [0.25, 0.3) is 0 Å². The molecular formula is C21H24FNO4S. The molecule has 1 aliphatic heterocycles. The third kappa shape index (κ3) is 4.32. The predicted molar refractivity (Wildman–Crippen MR) is 105 cm³/mol. The zero-order valence-corrected chi connectivity index (χ0v) is 16.6. The molecule has 1 fully saturated rings. The number of likely N-dealkylation sites (tertiary alicyclic amines) is 1. The fourth-order valence-corrected chi connectivity index (χ4v) is 4.61.